The van der Waals surface area contributed by atoms with E-state index >= 15 is 0 Å². The van der Waals surface area contributed by atoms with Crippen LogP contribution in [0.1, 0.15) is 6.92 Å². The summed E-state index contributed by atoms with van der Waals surface area (Å²) in [6.07, 6.45) is 1.59. The Balaban J connectivity index is 2.35. The van der Waals surface area contributed by atoms with E-state index in [-0.39, 0.29) is 6.61 Å². The molecule has 1 heterocycles. The number of methoxy groups -OCH3 is 1. The van der Waals surface area contributed by atoms with Crippen LogP contribution in [-0.2, 0) is 14.3 Å². The van der Waals surface area contributed by atoms with Gasteiger partial charge in [0.25, 0.3) is 0 Å². The third kappa shape index (κ3) is 4.83. The van der Waals surface area contributed by atoms with E-state index in [1.54, 1.807) is 31.3 Å². The normalized spacial score (nSPS) is 10.1. The second kappa shape index (κ2) is 8.68. The van der Waals surface area contributed by atoms with Crippen LogP contribution < -0.4 is 15.4 Å². The monoisotopic (exact) mass is 427 g/mol. The molecule has 25 heavy (non-hydrogen) atoms. The highest BCUT2D eigenvalue weighted by atomic mass is 79.9. The number of benzene rings is 1. The number of anilines is 3. The van der Waals surface area contributed by atoms with Crippen molar-refractivity contribution in [1.82, 2.24) is 4.98 Å². The number of rotatable bonds is 5. The highest BCUT2D eigenvalue weighted by Gasteiger charge is 2.18. The summed E-state index contributed by atoms with van der Waals surface area (Å²) in [5, 5.41) is 5.94. The third-order valence-corrected chi connectivity index (χ3v) is 4.20. The topological polar surface area (TPSA) is 89.6 Å². The number of esters is 1. The molecule has 9 heteroatoms. The maximum Gasteiger partial charge on any atom is 0.397 e. The fourth-order valence-electron chi connectivity index (χ4n) is 1.92. The maximum absolute atomic E-state index is 11.9. The number of nitrogens with one attached hydrogen (secondary N) is 2. The Morgan fingerprint density at radius 1 is 1.28 bits per heavy atom. The van der Waals surface area contributed by atoms with Gasteiger partial charge in [-0.05, 0) is 47.1 Å². The van der Waals surface area contributed by atoms with E-state index in [0.29, 0.717) is 32.4 Å². The molecule has 0 bridgehead atoms. The third-order valence-electron chi connectivity index (χ3n) is 3.00. The Morgan fingerprint density at radius 3 is 2.72 bits per heavy atom. The zero-order valence-electron chi connectivity index (χ0n) is 13.4. The van der Waals surface area contributed by atoms with Gasteiger partial charge in [0.05, 0.1) is 30.1 Å². The molecule has 2 N–H and O–H groups in total. The second-order valence-electron chi connectivity index (χ2n) is 4.67. The average Bonchev–Trinajstić information content (AvgIpc) is 2.59. The zero-order chi connectivity index (χ0) is 18.4. The number of hydrogen-bond acceptors (Lipinski definition) is 6. The summed E-state index contributed by atoms with van der Waals surface area (Å²) in [7, 11) is 1.49. The van der Waals surface area contributed by atoms with Gasteiger partial charge in [0.1, 0.15) is 5.69 Å². The molecular weight excluding hydrogens is 414 g/mol. The Hall–Kier alpha value is -2.32. The predicted octanol–water partition coefficient (Wildman–Crippen LogP) is 3.75. The molecule has 0 spiro atoms. The minimum atomic E-state index is -0.980. The SMILES string of the molecule is CCOC(=O)C(=O)Nc1cc(Cl)c(Br)cc1Nc1cccnc1OC. The van der Waals surface area contributed by atoms with Gasteiger partial charge in [0, 0.05) is 10.7 Å². The van der Waals surface area contributed by atoms with E-state index in [1.807, 2.05) is 0 Å². The Bertz CT molecular complexity index is 801. The number of aromatic nitrogens is 1. The molecule has 0 aliphatic carbocycles. The predicted molar refractivity (Wildman–Crippen MR) is 98.5 cm³/mol. The Kier molecular flexibility index (Phi) is 6.60. The van der Waals surface area contributed by atoms with Crippen LogP contribution in [0.25, 0.3) is 0 Å². The van der Waals surface area contributed by atoms with Gasteiger partial charge in [-0.3, -0.25) is 4.79 Å². The van der Waals surface area contributed by atoms with Crippen molar-refractivity contribution in [3.05, 3.63) is 40.0 Å². The second-order valence-corrected chi connectivity index (χ2v) is 5.93. The zero-order valence-corrected chi connectivity index (χ0v) is 15.8. The summed E-state index contributed by atoms with van der Waals surface area (Å²) in [6.45, 7) is 1.72. The first kappa shape index (κ1) is 19.0. The van der Waals surface area contributed by atoms with E-state index < -0.39 is 11.9 Å². The molecule has 0 unspecified atom stereocenters. The number of pyridine rings is 1. The highest BCUT2D eigenvalue weighted by molar-refractivity contribution is 9.10. The number of amides is 1. The summed E-state index contributed by atoms with van der Waals surface area (Å²) in [5.74, 6) is -1.51. The van der Waals surface area contributed by atoms with Gasteiger partial charge in [-0.15, -0.1) is 0 Å². The molecule has 0 fully saturated rings. The smallest absolute Gasteiger partial charge is 0.397 e. The number of carbonyl (C=O) groups excluding carboxylic acids is 2. The van der Waals surface area contributed by atoms with Gasteiger partial charge in [-0.25, -0.2) is 9.78 Å². The van der Waals surface area contributed by atoms with Crippen LogP contribution in [-0.4, -0.2) is 30.6 Å². The van der Waals surface area contributed by atoms with E-state index in [4.69, 9.17) is 16.3 Å². The number of carbonyl (C=O) groups is 2. The molecule has 132 valence electrons. The van der Waals surface area contributed by atoms with Crippen LogP contribution in [0.3, 0.4) is 0 Å². The van der Waals surface area contributed by atoms with E-state index in [2.05, 4.69) is 36.3 Å². The number of halogens is 2. The van der Waals surface area contributed by atoms with Gasteiger partial charge in [0.2, 0.25) is 5.88 Å². The van der Waals surface area contributed by atoms with Crippen molar-refractivity contribution in [3.63, 3.8) is 0 Å². The molecule has 2 aromatic rings. The first-order chi connectivity index (χ1) is 12.0. The van der Waals surface area contributed by atoms with Crippen molar-refractivity contribution in [2.24, 2.45) is 0 Å². The Morgan fingerprint density at radius 2 is 2.04 bits per heavy atom. The molecule has 2 rings (SSSR count). The van der Waals surface area contributed by atoms with Crippen molar-refractivity contribution >= 4 is 56.5 Å². The number of ether oxygens (including phenoxy) is 2. The van der Waals surface area contributed by atoms with Crippen molar-refractivity contribution < 1.29 is 19.1 Å². The minimum Gasteiger partial charge on any atom is -0.480 e. The largest absolute Gasteiger partial charge is 0.480 e. The summed E-state index contributed by atoms with van der Waals surface area (Å²) in [6, 6.07) is 6.65. The molecule has 0 aliphatic heterocycles. The van der Waals surface area contributed by atoms with Crippen molar-refractivity contribution in [3.8, 4) is 5.88 Å². The van der Waals surface area contributed by atoms with Crippen LogP contribution in [0, 0.1) is 0 Å². The van der Waals surface area contributed by atoms with E-state index in [1.165, 1.54) is 13.2 Å². The lowest BCUT2D eigenvalue weighted by Crippen LogP contribution is -2.25. The lowest BCUT2D eigenvalue weighted by atomic mass is 10.2. The lowest BCUT2D eigenvalue weighted by molar-refractivity contribution is -0.152. The quantitative estimate of drug-likeness (QED) is 0.557. The van der Waals surface area contributed by atoms with E-state index in [0.717, 1.165) is 0 Å². The molecule has 1 aromatic carbocycles. The molecule has 1 aromatic heterocycles. The fourth-order valence-corrected chi connectivity index (χ4v) is 2.42. The fraction of sp³-hybridized carbons (Fsp3) is 0.188. The van der Waals surface area contributed by atoms with Gasteiger partial charge < -0.3 is 20.1 Å². The van der Waals surface area contributed by atoms with Crippen LogP contribution in [0.2, 0.25) is 5.02 Å². The first-order valence-electron chi connectivity index (χ1n) is 7.19. The molecule has 0 atom stereocenters. The maximum atomic E-state index is 11.9. The van der Waals surface area contributed by atoms with Crippen LogP contribution in [0.5, 0.6) is 5.88 Å². The molecule has 0 saturated carbocycles. The van der Waals surface area contributed by atoms with Crippen LogP contribution in [0.15, 0.2) is 34.9 Å². The van der Waals surface area contributed by atoms with Gasteiger partial charge >= 0.3 is 11.9 Å². The van der Waals surface area contributed by atoms with Crippen LogP contribution >= 0.6 is 27.5 Å². The molecule has 1 amide bonds. The van der Waals surface area contributed by atoms with Gasteiger partial charge in [0.15, 0.2) is 0 Å². The summed E-state index contributed by atoms with van der Waals surface area (Å²) < 4.78 is 10.5. The van der Waals surface area contributed by atoms with Gasteiger partial charge in [-0.1, -0.05) is 11.6 Å². The van der Waals surface area contributed by atoms with Crippen LogP contribution in [0.4, 0.5) is 17.1 Å². The Labute approximate surface area is 157 Å². The summed E-state index contributed by atoms with van der Waals surface area (Å²) >= 11 is 9.42. The molecule has 0 aliphatic rings. The number of hydrogen-bond donors (Lipinski definition) is 2. The lowest BCUT2D eigenvalue weighted by Gasteiger charge is -2.15. The summed E-state index contributed by atoms with van der Waals surface area (Å²) in [5.41, 5.74) is 1.36. The van der Waals surface area contributed by atoms with Crippen molar-refractivity contribution in [1.29, 1.82) is 0 Å². The molecule has 0 saturated heterocycles. The van der Waals surface area contributed by atoms with E-state index in [9.17, 15) is 9.59 Å². The average molecular weight is 429 g/mol. The minimum absolute atomic E-state index is 0.103. The molecule has 0 radical (unpaired) electrons. The standard InChI is InChI=1S/C16H15BrClN3O4/c1-3-25-16(23)14(22)21-13-8-10(18)9(17)7-12(13)20-11-5-4-6-19-15(11)24-2/h4-8,20H,3H2,1-2H3,(H,21,22). The first-order valence-corrected chi connectivity index (χ1v) is 8.36. The van der Waals surface area contributed by atoms with Gasteiger partial charge in [-0.2, -0.15) is 0 Å². The summed E-state index contributed by atoms with van der Waals surface area (Å²) in [4.78, 5) is 27.6. The molecule has 7 nitrogen and oxygen atoms in total. The highest BCUT2D eigenvalue weighted by Crippen LogP contribution is 2.36. The van der Waals surface area contributed by atoms with Crippen molar-refractivity contribution in [2.75, 3.05) is 24.4 Å². The number of nitrogens with zero attached hydrogens (tertiary/aromatic N) is 1. The molecular formula is C16H15BrClN3O4. The van der Waals surface area contributed by atoms with Crippen molar-refractivity contribution in [2.45, 2.75) is 6.92 Å².